The molecule has 5 N–H and O–H groups in total. The lowest BCUT2D eigenvalue weighted by molar-refractivity contribution is -0.118. The summed E-state index contributed by atoms with van der Waals surface area (Å²) < 4.78 is 19.1. The lowest BCUT2D eigenvalue weighted by Crippen LogP contribution is -2.35. The number of ether oxygens (including phenoxy) is 1. The predicted octanol–water partition coefficient (Wildman–Crippen LogP) is 3.44. The molecule has 208 valence electrons. The largest absolute Gasteiger partial charge is 0.497 e. The Morgan fingerprint density at radius 2 is 1.80 bits per heavy atom. The SMILES string of the molecule is CCNC(C)=O.COc1ccc2c(c1)C(c1ccc(Sc3ccc(F)c(B(O)O)c3)cc1)=NCC(=N)N2C(C)=N. The Morgan fingerprint density at radius 1 is 1.12 bits per heavy atom. The molecule has 0 saturated heterocycles. The Labute approximate surface area is 237 Å². The van der Waals surface area contributed by atoms with Crippen molar-refractivity contribution in [2.75, 3.05) is 25.1 Å². The van der Waals surface area contributed by atoms with Crippen LogP contribution in [0.25, 0.3) is 0 Å². The number of anilines is 1. The van der Waals surface area contributed by atoms with Crippen molar-refractivity contribution >= 4 is 53.3 Å². The Kier molecular flexibility index (Phi) is 10.6. The van der Waals surface area contributed by atoms with E-state index in [2.05, 4.69) is 10.3 Å². The molecule has 0 fully saturated rings. The molecule has 0 saturated carbocycles. The van der Waals surface area contributed by atoms with Gasteiger partial charge in [-0.05, 0) is 62.4 Å². The van der Waals surface area contributed by atoms with Crippen LogP contribution in [0.1, 0.15) is 31.9 Å². The maximum Gasteiger partial charge on any atom is 0.491 e. The highest BCUT2D eigenvalue weighted by atomic mass is 32.2. The van der Waals surface area contributed by atoms with Crippen molar-refractivity contribution in [1.82, 2.24) is 5.32 Å². The smallest absolute Gasteiger partial charge is 0.491 e. The third-order valence-electron chi connectivity index (χ3n) is 5.73. The zero-order chi connectivity index (χ0) is 29.4. The normalized spacial score (nSPS) is 12.3. The van der Waals surface area contributed by atoms with Crippen molar-refractivity contribution in [3.63, 3.8) is 0 Å². The number of hydrogen-bond donors (Lipinski definition) is 5. The molecule has 0 spiro atoms. The summed E-state index contributed by atoms with van der Waals surface area (Å²) in [6, 6.07) is 17.3. The second-order valence-corrected chi connectivity index (χ2v) is 9.83. The van der Waals surface area contributed by atoms with Crippen LogP contribution in [0.2, 0.25) is 0 Å². The molecular weight excluding hydrogens is 532 g/mol. The van der Waals surface area contributed by atoms with E-state index in [1.807, 2.05) is 43.3 Å². The second kappa shape index (κ2) is 13.9. The first-order valence-electron chi connectivity index (χ1n) is 12.4. The molecule has 0 atom stereocenters. The van der Waals surface area contributed by atoms with E-state index in [0.29, 0.717) is 22.0 Å². The van der Waals surface area contributed by atoms with Crippen LogP contribution in [0, 0.1) is 16.6 Å². The van der Waals surface area contributed by atoms with Crippen molar-refractivity contribution in [3.05, 3.63) is 77.6 Å². The predicted molar refractivity (Wildman–Crippen MR) is 158 cm³/mol. The first-order chi connectivity index (χ1) is 19.0. The van der Waals surface area contributed by atoms with Crippen LogP contribution < -0.4 is 20.4 Å². The molecule has 1 aliphatic rings. The summed E-state index contributed by atoms with van der Waals surface area (Å²) >= 11 is 1.36. The molecule has 9 nitrogen and oxygen atoms in total. The Morgan fingerprint density at radius 3 is 2.35 bits per heavy atom. The Hall–Kier alpha value is -4.00. The zero-order valence-electron chi connectivity index (χ0n) is 22.7. The summed E-state index contributed by atoms with van der Waals surface area (Å²) in [5.41, 5.74) is 2.80. The minimum absolute atomic E-state index is 0.0394. The van der Waals surface area contributed by atoms with Gasteiger partial charge in [0, 0.05) is 39.8 Å². The maximum absolute atomic E-state index is 13.7. The quantitative estimate of drug-likeness (QED) is 0.177. The summed E-state index contributed by atoms with van der Waals surface area (Å²) in [6.07, 6.45) is 0. The van der Waals surface area contributed by atoms with Gasteiger partial charge in [-0.25, -0.2) is 4.39 Å². The van der Waals surface area contributed by atoms with Gasteiger partial charge in [-0.2, -0.15) is 0 Å². The maximum atomic E-state index is 13.7. The van der Waals surface area contributed by atoms with Crippen LogP contribution in [0.4, 0.5) is 10.1 Å². The average Bonchev–Trinajstić information content (AvgIpc) is 3.05. The highest BCUT2D eigenvalue weighted by molar-refractivity contribution is 7.99. The highest BCUT2D eigenvalue weighted by Crippen LogP contribution is 2.32. The molecule has 3 aromatic carbocycles. The van der Waals surface area contributed by atoms with Crippen LogP contribution in [-0.4, -0.2) is 60.7 Å². The van der Waals surface area contributed by atoms with Crippen LogP contribution >= 0.6 is 11.8 Å². The van der Waals surface area contributed by atoms with E-state index in [9.17, 15) is 19.2 Å². The number of methoxy groups -OCH3 is 1. The number of fused-ring (bicyclic) bond motifs is 1. The minimum atomic E-state index is -1.88. The molecule has 1 heterocycles. The number of carbonyl (C=O) groups excluding carboxylic acids is 1. The van der Waals surface area contributed by atoms with Crippen molar-refractivity contribution in [2.24, 2.45) is 4.99 Å². The van der Waals surface area contributed by atoms with Gasteiger partial charge >= 0.3 is 7.12 Å². The fourth-order valence-corrected chi connectivity index (χ4v) is 4.83. The van der Waals surface area contributed by atoms with Crippen molar-refractivity contribution < 1.29 is 24.0 Å². The zero-order valence-corrected chi connectivity index (χ0v) is 23.5. The molecule has 0 aliphatic carbocycles. The van der Waals surface area contributed by atoms with E-state index in [1.165, 1.54) is 30.8 Å². The molecule has 12 heteroatoms. The topological polar surface area (TPSA) is 142 Å². The summed E-state index contributed by atoms with van der Waals surface area (Å²) in [6.45, 7) is 5.89. The van der Waals surface area contributed by atoms with E-state index >= 15 is 0 Å². The van der Waals surface area contributed by atoms with Gasteiger partial charge in [0.25, 0.3) is 0 Å². The monoisotopic (exact) mass is 563 g/mol. The summed E-state index contributed by atoms with van der Waals surface area (Å²) in [5.74, 6) is 0.450. The van der Waals surface area contributed by atoms with Gasteiger partial charge < -0.3 is 20.1 Å². The number of nitrogens with one attached hydrogen (secondary N) is 3. The highest BCUT2D eigenvalue weighted by Gasteiger charge is 2.25. The molecule has 0 unspecified atom stereocenters. The van der Waals surface area contributed by atoms with Gasteiger partial charge in [0.2, 0.25) is 5.91 Å². The fraction of sp³-hybridized carbons (Fsp3) is 0.214. The third-order valence-corrected chi connectivity index (χ3v) is 6.72. The van der Waals surface area contributed by atoms with Crippen molar-refractivity contribution in [3.8, 4) is 5.75 Å². The molecular formula is C28H31BFN5O4S. The number of nitrogens with zero attached hydrogens (tertiary/aromatic N) is 2. The molecule has 3 aromatic rings. The number of benzene rings is 3. The van der Waals surface area contributed by atoms with Gasteiger partial charge in [0.15, 0.2) is 0 Å². The number of amidine groups is 2. The van der Waals surface area contributed by atoms with E-state index in [4.69, 9.17) is 15.6 Å². The molecule has 0 bridgehead atoms. The second-order valence-electron chi connectivity index (χ2n) is 8.69. The lowest BCUT2D eigenvalue weighted by atomic mass is 9.80. The molecule has 1 amide bonds. The van der Waals surface area contributed by atoms with Gasteiger partial charge in [-0.15, -0.1) is 0 Å². The van der Waals surface area contributed by atoms with Crippen LogP contribution in [-0.2, 0) is 4.79 Å². The van der Waals surface area contributed by atoms with Crippen LogP contribution in [0.5, 0.6) is 5.75 Å². The number of carbonyl (C=O) groups is 1. The van der Waals surface area contributed by atoms with Gasteiger partial charge in [-0.1, -0.05) is 23.9 Å². The summed E-state index contributed by atoms with van der Waals surface area (Å²) in [7, 11) is -0.296. The first kappa shape index (κ1) is 30.5. The molecule has 40 heavy (non-hydrogen) atoms. The van der Waals surface area contributed by atoms with Gasteiger partial charge in [-0.3, -0.25) is 25.5 Å². The Bertz CT molecular complexity index is 1430. The van der Waals surface area contributed by atoms with Gasteiger partial charge in [0.05, 0.1) is 25.1 Å². The number of halogens is 1. The van der Waals surface area contributed by atoms with E-state index < -0.39 is 12.9 Å². The van der Waals surface area contributed by atoms with E-state index in [1.54, 1.807) is 31.1 Å². The average molecular weight is 563 g/mol. The molecule has 1 aliphatic heterocycles. The van der Waals surface area contributed by atoms with E-state index in [0.717, 1.165) is 22.6 Å². The van der Waals surface area contributed by atoms with Crippen molar-refractivity contribution in [1.29, 1.82) is 10.8 Å². The number of amides is 1. The standard InChI is InChI=1S/C24H22BFN4O3S.C4H9NO/c1-14(27)30-22-10-5-16(33-2)11-19(22)24(29-13-23(30)28)15-3-6-17(7-4-15)34-18-8-9-21(26)20(12-18)25(31)32;1-3-5-4(2)6/h3-12,27-28,31-32H,13H2,1-2H3;3H2,1-2H3,(H,5,6). The lowest BCUT2D eigenvalue weighted by Gasteiger charge is -2.24. The van der Waals surface area contributed by atoms with Crippen molar-refractivity contribution in [2.45, 2.75) is 30.6 Å². The fourth-order valence-electron chi connectivity index (χ4n) is 3.96. The summed E-state index contributed by atoms with van der Waals surface area (Å²) in [4.78, 5) is 17.7. The number of benzodiazepines with no additional fused rings is 1. The molecule has 4 rings (SSSR count). The number of hydrogen-bond acceptors (Lipinski definition) is 8. The van der Waals surface area contributed by atoms with Gasteiger partial charge in [0.1, 0.15) is 23.2 Å². The summed E-state index contributed by atoms with van der Waals surface area (Å²) in [5, 5.41) is 37.8. The molecule has 0 radical (unpaired) electrons. The van der Waals surface area contributed by atoms with E-state index in [-0.39, 0.29) is 29.6 Å². The minimum Gasteiger partial charge on any atom is -0.497 e. The number of aliphatic imine (C=N–C) groups is 1. The third kappa shape index (κ3) is 7.56. The number of rotatable bonds is 6. The molecule has 0 aromatic heterocycles. The van der Waals surface area contributed by atoms with Crippen LogP contribution in [0.3, 0.4) is 0 Å². The Balaban J connectivity index is 0.000000663. The van der Waals surface area contributed by atoms with Crippen LogP contribution in [0.15, 0.2) is 75.4 Å². The first-order valence-corrected chi connectivity index (χ1v) is 13.2.